The number of hydrogen-bond donors (Lipinski definition) is 2. The highest BCUT2D eigenvalue weighted by Gasteiger charge is 2.10. The minimum atomic E-state index is 0. The van der Waals surface area contributed by atoms with Crippen molar-refractivity contribution in [3.63, 3.8) is 0 Å². The number of anilines is 2. The van der Waals surface area contributed by atoms with E-state index in [4.69, 9.17) is 10.6 Å². The van der Waals surface area contributed by atoms with E-state index in [1.165, 1.54) is 5.69 Å². The van der Waals surface area contributed by atoms with Crippen molar-refractivity contribution >= 4 is 36.2 Å². The summed E-state index contributed by atoms with van der Waals surface area (Å²) in [7, 11) is 0. The number of nitrogens with zero attached hydrogens (tertiary/aromatic N) is 1. The minimum Gasteiger partial charge on any atom is -0.378 e. The van der Waals surface area contributed by atoms with Gasteiger partial charge in [0.15, 0.2) is 0 Å². The molecule has 1 saturated heterocycles. The van der Waals surface area contributed by atoms with Gasteiger partial charge in [0.1, 0.15) is 0 Å². The van der Waals surface area contributed by atoms with Gasteiger partial charge in [0, 0.05) is 24.5 Å². The van der Waals surface area contributed by atoms with E-state index in [1.54, 1.807) is 0 Å². The van der Waals surface area contributed by atoms with Gasteiger partial charge in [-0.15, -0.1) is 24.8 Å². The molecule has 0 aliphatic carbocycles. The maximum Gasteiger partial charge on any atom is 0.0642 e. The van der Waals surface area contributed by atoms with Crippen molar-refractivity contribution in [1.29, 1.82) is 0 Å². The van der Waals surface area contributed by atoms with Crippen molar-refractivity contribution in [3.8, 4) is 0 Å². The van der Waals surface area contributed by atoms with E-state index < -0.39 is 0 Å². The summed E-state index contributed by atoms with van der Waals surface area (Å²) in [5, 5.41) is 0. The van der Waals surface area contributed by atoms with Gasteiger partial charge in [-0.2, -0.15) is 0 Å². The molecule has 0 unspecified atom stereocenters. The molecule has 0 spiro atoms. The van der Waals surface area contributed by atoms with Crippen LogP contribution in [0, 0.1) is 0 Å². The molecule has 1 aromatic carbocycles. The molecule has 1 aliphatic heterocycles. The van der Waals surface area contributed by atoms with Crippen LogP contribution in [-0.4, -0.2) is 26.3 Å². The highest BCUT2D eigenvalue weighted by molar-refractivity contribution is 5.85. The number of morpholine rings is 1. The molecule has 0 amide bonds. The van der Waals surface area contributed by atoms with Crippen molar-refractivity contribution in [2.75, 3.05) is 36.6 Å². The Kier molecular flexibility index (Phi) is 7.25. The number of hydrogen-bond acceptors (Lipinski definition) is 4. The van der Waals surface area contributed by atoms with Crippen LogP contribution in [0.4, 0.5) is 11.4 Å². The van der Waals surface area contributed by atoms with Crippen molar-refractivity contribution < 1.29 is 4.74 Å². The lowest BCUT2D eigenvalue weighted by Crippen LogP contribution is -2.36. The topological polar surface area (TPSA) is 50.5 Å². The first kappa shape index (κ1) is 15.3. The summed E-state index contributed by atoms with van der Waals surface area (Å²) in [4.78, 5) is 2.31. The smallest absolute Gasteiger partial charge is 0.0642 e. The van der Waals surface area contributed by atoms with E-state index in [0.29, 0.717) is 0 Å². The monoisotopic (exact) mass is 265 g/mol. The number of nitrogen functional groups attached to an aromatic ring is 1. The summed E-state index contributed by atoms with van der Waals surface area (Å²) in [6.45, 7) is 3.57. The van der Waals surface area contributed by atoms with E-state index in [-0.39, 0.29) is 24.8 Å². The first-order valence-corrected chi connectivity index (χ1v) is 4.79. The molecule has 1 fully saturated rings. The predicted octanol–water partition coefficient (Wildman–Crippen LogP) is 1.65. The molecule has 0 radical (unpaired) electrons. The van der Waals surface area contributed by atoms with Gasteiger partial charge < -0.3 is 15.1 Å². The first-order chi connectivity index (χ1) is 6.90. The van der Waals surface area contributed by atoms with Crippen LogP contribution < -0.4 is 16.2 Å². The molecule has 0 saturated carbocycles. The fourth-order valence-electron chi connectivity index (χ4n) is 1.59. The number of rotatable bonds is 2. The molecule has 4 nitrogen and oxygen atoms in total. The van der Waals surface area contributed by atoms with E-state index in [2.05, 4.69) is 22.5 Å². The van der Waals surface area contributed by atoms with Crippen molar-refractivity contribution in [2.45, 2.75) is 0 Å². The van der Waals surface area contributed by atoms with E-state index in [0.717, 1.165) is 32.0 Å². The SMILES string of the molecule is Cl.Cl.NNc1ccc(N2CCOCC2)cc1. The van der Waals surface area contributed by atoms with Crippen LogP contribution in [0.15, 0.2) is 24.3 Å². The number of nitrogens with one attached hydrogen (secondary N) is 1. The molecule has 3 N–H and O–H groups in total. The molecule has 6 heteroatoms. The predicted molar refractivity (Wildman–Crippen MR) is 71.8 cm³/mol. The maximum absolute atomic E-state index is 5.29. The number of halogens is 2. The lowest BCUT2D eigenvalue weighted by atomic mass is 10.2. The van der Waals surface area contributed by atoms with E-state index >= 15 is 0 Å². The molecular weight excluding hydrogens is 249 g/mol. The van der Waals surface area contributed by atoms with Crippen LogP contribution in [0.2, 0.25) is 0 Å². The van der Waals surface area contributed by atoms with Crippen LogP contribution in [0.25, 0.3) is 0 Å². The second-order valence-corrected chi connectivity index (χ2v) is 3.29. The van der Waals surface area contributed by atoms with Crippen molar-refractivity contribution in [3.05, 3.63) is 24.3 Å². The second kappa shape index (κ2) is 7.57. The van der Waals surface area contributed by atoms with Gasteiger partial charge in [0.05, 0.1) is 13.2 Å². The van der Waals surface area contributed by atoms with Crippen LogP contribution in [-0.2, 0) is 4.74 Å². The Morgan fingerprint density at radius 3 is 2.12 bits per heavy atom. The Balaban J connectivity index is 0.00000112. The highest BCUT2D eigenvalue weighted by atomic mass is 35.5. The summed E-state index contributed by atoms with van der Waals surface area (Å²) in [5.74, 6) is 5.29. The van der Waals surface area contributed by atoms with E-state index in [9.17, 15) is 0 Å². The minimum absolute atomic E-state index is 0. The molecule has 16 heavy (non-hydrogen) atoms. The fraction of sp³-hybridized carbons (Fsp3) is 0.400. The second-order valence-electron chi connectivity index (χ2n) is 3.29. The van der Waals surface area contributed by atoms with Crippen molar-refractivity contribution in [1.82, 2.24) is 0 Å². The standard InChI is InChI=1S/C10H15N3O.2ClH/c11-12-9-1-3-10(4-2-9)13-5-7-14-8-6-13;;/h1-4,12H,5-8,11H2;2*1H. The molecule has 1 heterocycles. The molecule has 0 bridgehead atoms. The molecule has 2 rings (SSSR count). The van der Waals surface area contributed by atoms with Crippen LogP contribution in [0.1, 0.15) is 0 Å². The molecule has 0 atom stereocenters. The normalized spacial score (nSPS) is 14.7. The summed E-state index contributed by atoms with van der Waals surface area (Å²) in [6.07, 6.45) is 0. The molecule has 0 aromatic heterocycles. The van der Waals surface area contributed by atoms with Crippen LogP contribution >= 0.6 is 24.8 Å². The third-order valence-corrected chi connectivity index (χ3v) is 2.41. The summed E-state index contributed by atoms with van der Waals surface area (Å²) in [5.41, 5.74) is 4.78. The maximum atomic E-state index is 5.29. The first-order valence-electron chi connectivity index (χ1n) is 4.79. The van der Waals surface area contributed by atoms with Crippen molar-refractivity contribution in [2.24, 2.45) is 5.84 Å². The van der Waals surface area contributed by atoms with Gasteiger partial charge in [-0.25, -0.2) is 0 Å². The van der Waals surface area contributed by atoms with Gasteiger partial charge in [-0.1, -0.05) is 0 Å². The third kappa shape index (κ3) is 3.72. The van der Waals surface area contributed by atoms with Gasteiger partial charge in [-0.3, -0.25) is 5.84 Å². The summed E-state index contributed by atoms with van der Waals surface area (Å²) < 4.78 is 5.29. The molecule has 1 aliphatic rings. The van der Waals surface area contributed by atoms with Crippen LogP contribution in [0.3, 0.4) is 0 Å². The van der Waals surface area contributed by atoms with E-state index in [1.807, 2.05) is 12.1 Å². The average Bonchev–Trinajstić information content (AvgIpc) is 2.30. The molecular formula is C10H17Cl2N3O. The zero-order chi connectivity index (χ0) is 9.80. The van der Waals surface area contributed by atoms with Gasteiger partial charge >= 0.3 is 0 Å². The Labute approximate surface area is 108 Å². The van der Waals surface area contributed by atoms with Crippen LogP contribution in [0.5, 0.6) is 0 Å². The molecule has 92 valence electrons. The molecule has 1 aromatic rings. The zero-order valence-corrected chi connectivity index (χ0v) is 10.5. The lowest BCUT2D eigenvalue weighted by molar-refractivity contribution is 0.122. The Bertz CT molecular complexity index is 289. The Morgan fingerprint density at radius 2 is 1.62 bits per heavy atom. The number of hydrazine groups is 1. The number of benzene rings is 1. The highest BCUT2D eigenvalue weighted by Crippen LogP contribution is 2.18. The Hall–Kier alpha value is -0.680. The quantitative estimate of drug-likeness (QED) is 0.631. The summed E-state index contributed by atoms with van der Waals surface area (Å²) >= 11 is 0. The lowest BCUT2D eigenvalue weighted by Gasteiger charge is -2.28. The Morgan fingerprint density at radius 1 is 1.06 bits per heavy atom. The summed E-state index contributed by atoms with van der Waals surface area (Å²) in [6, 6.07) is 8.09. The van der Waals surface area contributed by atoms with Gasteiger partial charge in [0.25, 0.3) is 0 Å². The zero-order valence-electron chi connectivity index (χ0n) is 8.89. The van der Waals surface area contributed by atoms with Gasteiger partial charge in [0.2, 0.25) is 0 Å². The van der Waals surface area contributed by atoms with Gasteiger partial charge in [-0.05, 0) is 24.3 Å². The fourth-order valence-corrected chi connectivity index (χ4v) is 1.59. The average molecular weight is 266 g/mol. The third-order valence-electron chi connectivity index (χ3n) is 2.41. The number of nitrogens with two attached hydrogens (primary N) is 1. The number of ether oxygens (including phenoxy) is 1. The largest absolute Gasteiger partial charge is 0.378 e.